The molecule has 2 heterocycles. The highest BCUT2D eigenvalue weighted by molar-refractivity contribution is 6.05. The third-order valence-corrected chi connectivity index (χ3v) is 3.05. The number of pyridine rings is 1. The van der Waals surface area contributed by atoms with Crippen LogP contribution >= 0.6 is 0 Å². The Morgan fingerprint density at radius 3 is 2.45 bits per heavy atom. The largest absolute Gasteiger partial charge is 0.308 e. The van der Waals surface area contributed by atoms with Gasteiger partial charge in [-0.15, -0.1) is 0 Å². The minimum Gasteiger partial charge on any atom is -0.308 e. The van der Waals surface area contributed by atoms with Gasteiger partial charge in [0.15, 0.2) is 0 Å². The van der Waals surface area contributed by atoms with E-state index < -0.39 is 0 Å². The summed E-state index contributed by atoms with van der Waals surface area (Å²) in [4.78, 5) is 18.3. The lowest BCUT2D eigenvalue weighted by Crippen LogP contribution is -2.30. The summed E-state index contributed by atoms with van der Waals surface area (Å²) in [5.74, 6) is -0.0470. The van der Waals surface area contributed by atoms with Crippen LogP contribution in [0.25, 0.3) is 0 Å². The van der Waals surface area contributed by atoms with Crippen LogP contribution in [0.4, 0.5) is 5.69 Å². The molecule has 0 N–H and O–H groups in total. The van der Waals surface area contributed by atoms with Crippen LogP contribution in [0.5, 0.6) is 0 Å². The summed E-state index contributed by atoms with van der Waals surface area (Å²) in [6.07, 6.45) is 6.79. The van der Waals surface area contributed by atoms with E-state index in [0.29, 0.717) is 12.1 Å². The van der Waals surface area contributed by atoms with Crippen LogP contribution in [0.3, 0.4) is 0 Å². The first-order valence-electron chi connectivity index (χ1n) is 6.70. The van der Waals surface area contributed by atoms with E-state index in [1.807, 2.05) is 19.1 Å². The first-order chi connectivity index (χ1) is 9.43. The van der Waals surface area contributed by atoms with E-state index in [1.165, 1.54) is 0 Å². The van der Waals surface area contributed by atoms with Gasteiger partial charge in [-0.3, -0.25) is 14.5 Å². The molecule has 2 aromatic heterocycles. The fourth-order valence-corrected chi connectivity index (χ4v) is 1.92. The molecule has 20 heavy (non-hydrogen) atoms. The van der Waals surface area contributed by atoms with Crippen molar-refractivity contribution in [1.29, 1.82) is 0 Å². The third kappa shape index (κ3) is 2.87. The fourth-order valence-electron chi connectivity index (χ4n) is 1.92. The fraction of sp³-hybridized carbons (Fsp3) is 0.400. The summed E-state index contributed by atoms with van der Waals surface area (Å²) in [7, 11) is 0. The number of carbonyl (C=O) groups is 1. The molecule has 5 heteroatoms. The lowest BCUT2D eigenvalue weighted by atomic mass is 10.1. The predicted octanol–water partition coefficient (Wildman–Crippen LogP) is 2.70. The molecule has 0 atom stereocenters. The van der Waals surface area contributed by atoms with Gasteiger partial charge in [0.1, 0.15) is 0 Å². The van der Waals surface area contributed by atoms with Crippen LogP contribution in [-0.4, -0.2) is 27.2 Å². The second-order valence-electron chi connectivity index (χ2n) is 5.60. The minimum atomic E-state index is -0.133. The SMILES string of the molecule is CCN(C(=O)c1cnn(C(C)(C)C)c1)c1ccncc1. The van der Waals surface area contributed by atoms with Crippen molar-refractivity contribution >= 4 is 11.6 Å². The number of aromatic nitrogens is 3. The number of hydrogen-bond donors (Lipinski definition) is 0. The molecule has 0 saturated carbocycles. The molecule has 0 aliphatic carbocycles. The zero-order valence-corrected chi connectivity index (χ0v) is 12.4. The standard InChI is InChI=1S/C15H20N4O/c1-5-18(13-6-8-16-9-7-13)14(20)12-10-17-19(11-12)15(2,3)4/h6-11H,5H2,1-4H3. The van der Waals surface area contributed by atoms with Crippen LogP contribution in [-0.2, 0) is 5.54 Å². The molecule has 0 radical (unpaired) electrons. The summed E-state index contributed by atoms with van der Waals surface area (Å²) in [6.45, 7) is 8.70. The zero-order chi connectivity index (χ0) is 14.8. The first-order valence-corrected chi connectivity index (χ1v) is 6.70. The molecule has 0 saturated heterocycles. The molecule has 0 fully saturated rings. The number of anilines is 1. The Labute approximate surface area is 119 Å². The highest BCUT2D eigenvalue weighted by Gasteiger charge is 2.20. The average Bonchev–Trinajstić information content (AvgIpc) is 2.90. The van der Waals surface area contributed by atoms with Crippen LogP contribution < -0.4 is 4.90 Å². The maximum Gasteiger partial charge on any atom is 0.261 e. The Kier molecular flexibility index (Phi) is 3.88. The van der Waals surface area contributed by atoms with Gasteiger partial charge in [0.05, 0.1) is 17.3 Å². The molecule has 0 aliphatic rings. The Hall–Kier alpha value is -2.17. The van der Waals surface area contributed by atoms with Crippen LogP contribution in [0, 0.1) is 0 Å². The Bertz CT molecular complexity index is 583. The summed E-state index contributed by atoms with van der Waals surface area (Å²) < 4.78 is 1.81. The summed E-state index contributed by atoms with van der Waals surface area (Å²) in [6, 6.07) is 3.66. The number of rotatable bonds is 3. The number of amides is 1. The average molecular weight is 272 g/mol. The van der Waals surface area contributed by atoms with Gasteiger partial charge in [-0.2, -0.15) is 5.10 Å². The molecule has 5 nitrogen and oxygen atoms in total. The molecule has 2 rings (SSSR count). The zero-order valence-electron chi connectivity index (χ0n) is 12.4. The minimum absolute atomic E-state index is 0.0470. The summed E-state index contributed by atoms with van der Waals surface area (Å²) in [5.41, 5.74) is 1.31. The van der Waals surface area contributed by atoms with Crippen molar-refractivity contribution in [1.82, 2.24) is 14.8 Å². The smallest absolute Gasteiger partial charge is 0.261 e. The van der Waals surface area contributed by atoms with Gasteiger partial charge in [0.2, 0.25) is 0 Å². The second kappa shape index (κ2) is 5.45. The first kappa shape index (κ1) is 14.2. The number of hydrogen-bond acceptors (Lipinski definition) is 3. The quantitative estimate of drug-likeness (QED) is 0.863. The molecule has 0 aliphatic heterocycles. The van der Waals surface area contributed by atoms with E-state index in [2.05, 4.69) is 30.9 Å². The Morgan fingerprint density at radius 2 is 1.95 bits per heavy atom. The lowest BCUT2D eigenvalue weighted by Gasteiger charge is -2.21. The molecule has 106 valence electrons. The van der Waals surface area contributed by atoms with Gasteiger partial charge in [-0.1, -0.05) is 0 Å². The van der Waals surface area contributed by atoms with Crippen molar-refractivity contribution < 1.29 is 4.79 Å². The van der Waals surface area contributed by atoms with Crippen molar-refractivity contribution in [3.63, 3.8) is 0 Å². The number of carbonyl (C=O) groups excluding carboxylic acids is 1. The lowest BCUT2D eigenvalue weighted by molar-refractivity contribution is 0.0988. The summed E-state index contributed by atoms with van der Waals surface area (Å²) >= 11 is 0. The molecular formula is C15H20N4O. The molecule has 1 amide bonds. The highest BCUT2D eigenvalue weighted by atomic mass is 16.2. The van der Waals surface area contributed by atoms with Crippen LogP contribution in [0.2, 0.25) is 0 Å². The van der Waals surface area contributed by atoms with Gasteiger partial charge in [0, 0.05) is 30.8 Å². The Balaban J connectivity index is 2.28. The van der Waals surface area contributed by atoms with Gasteiger partial charge >= 0.3 is 0 Å². The van der Waals surface area contributed by atoms with Crippen molar-refractivity contribution in [2.24, 2.45) is 0 Å². The van der Waals surface area contributed by atoms with Crippen LogP contribution in [0.1, 0.15) is 38.1 Å². The molecule has 0 bridgehead atoms. The normalized spacial score (nSPS) is 11.4. The van der Waals surface area contributed by atoms with Crippen molar-refractivity contribution in [2.75, 3.05) is 11.4 Å². The van der Waals surface area contributed by atoms with Crippen molar-refractivity contribution in [3.05, 3.63) is 42.5 Å². The van der Waals surface area contributed by atoms with Gasteiger partial charge in [0.25, 0.3) is 5.91 Å². The highest BCUT2D eigenvalue weighted by Crippen LogP contribution is 2.18. The second-order valence-corrected chi connectivity index (χ2v) is 5.60. The third-order valence-electron chi connectivity index (χ3n) is 3.05. The molecule has 0 aromatic carbocycles. The van der Waals surface area contributed by atoms with E-state index in [9.17, 15) is 4.79 Å². The van der Waals surface area contributed by atoms with Gasteiger partial charge in [-0.05, 0) is 39.8 Å². The predicted molar refractivity (Wildman–Crippen MR) is 78.8 cm³/mol. The van der Waals surface area contributed by atoms with Crippen LogP contribution in [0.15, 0.2) is 36.9 Å². The van der Waals surface area contributed by atoms with E-state index in [0.717, 1.165) is 5.69 Å². The van der Waals surface area contributed by atoms with E-state index >= 15 is 0 Å². The topological polar surface area (TPSA) is 51.0 Å². The monoisotopic (exact) mass is 272 g/mol. The van der Waals surface area contributed by atoms with Crippen molar-refractivity contribution in [3.8, 4) is 0 Å². The molecule has 2 aromatic rings. The van der Waals surface area contributed by atoms with Gasteiger partial charge < -0.3 is 4.90 Å². The van der Waals surface area contributed by atoms with E-state index in [4.69, 9.17) is 0 Å². The van der Waals surface area contributed by atoms with Gasteiger partial charge in [-0.25, -0.2) is 0 Å². The molecule has 0 unspecified atom stereocenters. The van der Waals surface area contributed by atoms with E-state index in [1.54, 1.807) is 34.4 Å². The maximum atomic E-state index is 12.6. The van der Waals surface area contributed by atoms with Crippen molar-refractivity contribution in [2.45, 2.75) is 33.2 Å². The Morgan fingerprint density at radius 1 is 1.30 bits per heavy atom. The molecular weight excluding hydrogens is 252 g/mol. The summed E-state index contributed by atoms with van der Waals surface area (Å²) in [5, 5.41) is 4.28. The maximum absolute atomic E-state index is 12.6. The molecule has 0 spiro atoms. The number of nitrogens with zero attached hydrogens (tertiary/aromatic N) is 4. The van der Waals surface area contributed by atoms with E-state index in [-0.39, 0.29) is 11.4 Å².